The first-order valence-electron chi connectivity index (χ1n) is 13.9. The SMILES string of the molecule is C[C@@H](O)[C@H](NC(=O)[C@@H](N)CCC(N)=O)C(=O)N[C@@H](Cc1ccc(O)cc1)C(=O)N[C@@H](CO)C(=O)N[C@@H](CCCCN)C(=O)O. The lowest BCUT2D eigenvalue weighted by Crippen LogP contribution is -2.61. The number of aromatic hydroxyl groups is 1. The number of carboxylic acid groups (broad SMARTS) is 1. The number of hydrogen-bond acceptors (Lipinski definition) is 11. The highest BCUT2D eigenvalue weighted by Gasteiger charge is 2.33. The highest BCUT2D eigenvalue weighted by Crippen LogP contribution is 2.12. The topological polar surface area (TPSA) is 310 Å². The van der Waals surface area contributed by atoms with E-state index in [0.717, 1.165) is 0 Å². The first-order valence-corrected chi connectivity index (χ1v) is 13.9. The van der Waals surface area contributed by atoms with Crippen molar-refractivity contribution in [2.24, 2.45) is 17.2 Å². The number of phenolic OH excluding ortho intramolecular Hbond substituents is 1. The van der Waals surface area contributed by atoms with Gasteiger partial charge in [0.2, 0.25) is 29.5 Å². The second-order valence-corrected chi connectivity index (χ2v) is 10.2. The Morgan fingerprint density at radius 2 is 1.39 bits per heavy atom. The summed E-state index contributed by atoms with van der Waals surface area (Å²) >= 11 is 0. The molecule has 0 spiro atoms. The second kappa shape index (κ2) is 19.1. The van der Waals surface area contributed by atoms with Gasteiger partial charge in [-0.1, -0.05) is 12.1 Å². The van der Waals surface area contributed by atoms with E-state index in [2.05, 4.69) is 21.3 Å². The minimum atomic E-state index is -1.60. The van der Waals surface area contributed by atoms with Gasteiger partial charge in [-0.25, -0.2) is 4.79 Å². The molecule has 1 rings (SSSR count). The van der Waals surface area contributed by atoms with Crippen molar-refractivity contribution >= 4 is 35.5 Å². The molecule has 0 saturated heterocycles. The average molecular weight is 626 g/mol. The minimum absolute atomic E-state index is 0.0581. The second-order valence-electron chi connectivity index (χ2n) is 10.2. The van der Waals surface area contributed by atoms with Crippen LogP contribution < -0.4 is 38.5 Å². The van der Waals surface area contributed by atoms with Gasteiger partial charge >= 0.3 is 5.97 Å². The van der Waals surface area contributed by atoms with Crippen molar-refractivity contribution < 1.29 is 49.2 Å². The van der Waals surface area contributed by atoms with E-state index in [4.69, 9.17) is 17.2 Å². The monoisotopic (exact) mass is 625 g/mol. The summed E-state index contributed by atoms with van der Waals surface area (Å²) in [6.07, 6.45) is -1.01. The lowest BCUT2D eigenvalue weighted by atomic mass is 10.0. The summed E-state index contributed by atoms with van der Waals surface area (Å²) < 4.78 is 0. The van der Waals surface area contributed by atoms with Gasteiger partial charge in [0.25, 0.3) is 0 Å². The molecule has 0 aliphatic rings. The smallest absolute Gasteiger partial charge is 0.326 e. The van der Waals surface area contributed by atoms with Crippen molar-refractivity contribution in [2.45, 2.75) is 81.8 Å². The van der Waals surface area contributed by atoms with E-state index < -0.39 is 78.4 Å². The zero-order valence-electron chi connectivity index (χ0n) is 24.4. The van der Waals surface area contributed by atoms with E-state index in [0.29, 0.717) is 24.9 Å². The summed E-state index contributed by atoms with van der Waals surface area (Å²) in [5.74, 6) is -5.93. The molecule has 246 valence electrons. The average Bonchev–Trinajstić information content (AvgIpc) is 2.96. The molecule has 0 radical (unpaired) electrons. The number of phenols is 1. The Labute approximate surface area is 253 Å². The quantitative estimate of drug-likeness (QED) is 0.0619. The van der Waals surface area contributed by atoms with E-state index in [1.165, 1.54) is 31.2 Å². The predicted octanol–water partition coefficient (Wildman–Crippen LogP) is -3.95. The summed E-state index contributed by atoms with van der Waals surface area (Å²) in [6.45, 7) is 0.612. The van der Waals surface area contributed by atoms with Crippen molar-refractivity contribution in [1.82, 2.24) is 21.3 Å². The van der Waals surface area contributed by atoms with Gasteiger partial charge in [-0.2, -0.15) is 0 Å². The number of carboxylic acids is 1. The number of rotatable bonds is 20. The van der Waals surface area contributed by atoms with E-state index in [9.17, 15) is 49.2 Å². The number of nitrogens with two attached hydrogens (primary N) is 3. The lowest BCUT2D eigenvalue weighted by molar-refractivity contribution is -0.142. The van der Waals surface area contributed by atoms with Crippen LogP contribution in [0.1, 0.15) is 44.6 Å². The predicted molar refractivity (Wildman–Crippen MR) is 155 cm³/mol. The third kappa shape index (κ3) is 13.3. The van der Waals surface area contributed by atoms with Gasteiger partial charge in [0.1, 0.15) is 29.9 Å². The fourth-order valence-corrected chi connectivity index (χ4v) is 3.92. The first kappa shape index (κ1) is 37.7. The van der Waals surface area contributed by atoms with Crippen LogP contribution in [0.4, 0.5) is 0 Å². The Balaban J connectivity index is 3.14. The molecule has 0 unspecified atom stereocenters. The Bertz CT molecular complexity index is 1130. The number of nitrogens with one attached hydrogen (secondary N) is 4. The van der Waals surface area contributed by atoms with Gasteiger partial charge in [0, 0.05) is 12.8 Å². The number of aliphatic hydroxyl groups excluding tert-OH is 2. The van der Waals surface area contributed by atoms with Gasteiger partial charge < -0.3 is 58.9 Å². The van der Waals surface area contributed by atoms with E-state index in [1.807, 2.05) is 0 Å². The summed E-state index contributed by atoms with van der Waals surface area (Å²) in [7, 11) is 0. The molecule has 0 aliphatic carbocycles. The summed E-state index contributed by atoms with van der Waals surface area (Å²) in [4.78, 5) is 74.3. The van der Waals surface area contributed by atoms with Crippen molar-refractivity contribution in [3.63, 3.8) is 0 Å². The zero-order chi connectivity index (χ0) is 33.4. The van der Waals surface area contributed by atoms with Crippen molar-refractivity contribution in [3.8, 4) is 5.75 Å². The minimum Gasteiger partial charge on any atom is -0.508 e. The van der Waals surface area contributed by atoms with Gasteiger partial charge in [-0.3, -0.25) is 24.0 Å². The number of aliphatic carboxylic acids is 1. The number of benzene rings is 1. The number of primary amides is 1. The third-order valence-electron chi connectivity index (χ3n) is 6.49. The van der Waals surface area contributed by atoms with Gasteiger partial charge in [0.15, 0.2) is 0 Å². The van der Waals surface area contributed by atoms with Crippen molar-refractivity contribution in [1.29, 1.82) is 0 Å². The lowest BCUT2D eigenvalue weighted by Gasteiger charge is -2.27. The fourth-order valence-electron chi connectivity index (χ4n) is 3.92. The maximum Gasteiger partial charge on any atom is 0.326 e. The molecule has 5 amide bonds. The number of carbonyl (C=O) groups excluding carboxylic acids is 5. The molecule has 0 aliphatic heterocycles. The van der Waals surface area contributed by atoms with Crippen LogP contribution in [0.3, 0.4) is 0 Å². The Morgan fingerprint density at radius 3 is 1.91 bits per heavy atom. The van der Waals surface area contributed by atoms with Crippen LogP contribution in [0.15, 0.2) is 24.3 Å². The van der Waals surface area contributed by atoms with Crippen LogP contribution >= 0.6 is 0 Å². The van der Waals surface area contributed by atoms with Crippen LogP contribution in [-0.2, 0) is 35.2 Å². The number of unbranched alkanes of at least 4 members (excludes halogenated alkanes) is 1. The molecule has 17 heteroatoms. The molecule has 17 nitrogen and oxygen atoms in total. The summed E-state index contributed by atoms with van der Waals surface area (Å²) in [6, 6.07) is -1.61. The van der Waals surface area contributed by atoms with Crippen LogP contribution in [0.5, 0.6) is 5.75 Å². The fraction of sp³-hybridized carbons (Fsp3) is 0.556. The number of carbonyl (C=O) groups is 6. The molecule has 6 atom stereocenters. The first-order chi connectivity index (χ1) is 20.7. The van der Waals surface area contributed by atoms with Crippen molar-refractivity contribution in [3.05, 3.63) is 29.8 Å². The molecule has 14 N–H and O–H groups in total. The standard InChI is InChI=1S/C27H43N7O10/c1-14(36)22(34-23(39)17(29)9-10-21(30)38)26(42)32-19(12-15-5-7-16(37)8-6-15)24(40)33-20(13-35)25(41)31-18(27(43)44)4-2-3-11-28/h5-8,14,17-20,22,35-37H,2-4,9-13,28-29H2,1H3,(H2,30,38)(H,31,41)(H,32,42)(H,33,40)(H,34,39)(H,43,44)/t14-,17+,18+,19+,20+,22+/m1/s1. The van der Waals surface area contributed by atoms with E-state index >= 15 is 0 Å². The third-order valence-corrected chi connectivity index (χ3v) is 6.49. The molecule has 0 aromatic heterocycles. The molecule has 1 aromatic rings. The molecule has 0 bridgehead atoms. The van der Waals surface area contributed by atoms with E-state index in [-0.39, 0.29) is 31.4 Å². The molecule has 0 heterocycles. The largest absolute Gasteiger partial charge is 0.508 e. The Hall–Kier alpha value is -4.32. The van der Waals surface area contributed by atoms with Crippen LogP contribution in [0.2, 0.25) is 0 Å². The van der Waals surface area contributed by atoms with Gasteiger partial charge in [-0.15, -0.1) is 0 Å². The molecule has 1 aromatic carbocycles. The molecular formula is C27H43N7O10. The Morgan fingerprint density at radius 1 is 0.818 bits per heavy atom. The van der Waals surface area contributed by atoms with Crippen LogP contribution in [-0.4, -0.2) is 105 Å². The highest BCUT2D eigenvalue weighted by atomic mass is 16.4. The maximum absolute atomic E-state index is 13.3. The summed E-state index contributed by atoms with van der Waals surface area (Å²) in [5, 5.41) is 48.2. The van der Waals surface area contributed by atoms with Crippen molar-refractivity contribution in [2.75, 3.05) is 13.2 Å². The van der Waals surface area contributed by atoms with Crippen LogP contribution in [0.25, 0.3) is 0 Å². The molecular weight excluding hydrogens is 582 g/mol. The number of aliphatic hydroxyl groups is 2. The van der Waals surface area contributed by atoms with Crippen LogP contribution in [0, 0.1) is 0 Å². The Kier molecular flexibility index (Phi) is 16.3. The molecule has 0 saturated carbocycles. The highest BCUT2D eigenvalue weighted by molar-refractivity contribution is 5.95. The van der Waals surface area contributed by atoms with E-state index in [1.54, 1.807) is 0 Å². The summed E-state index contributed by atoms with van der Waals surface area (Å²) in [5.41, 5.74) is 16.7. The molecule has 44 heavy (non-hydrogen) atoms. The zero-order valence-corrected chi connectivity index (χ0v) is 24.4. The number of amides is 5. The van der Waals surface area contributed by atoms with Gasteiger partial charge in [-0.05, 0) is 56.8 Å². The molecule has 0 fully saturated rings. The van der Waals surface area contributed by atoms with Gasteiger partial charge in [0.05, 0.1) is 18.8 Å². The number of hydrogen-bond donors (Lipinski definition) is 11. The normalized spacial score (nSPS) is 15.0. The maximum atomic E-state index is 13.3.